The molecule has 0 radical (unpaired) electrons. The lowest BCUT2D eigenvalue weighted by atomic mass is 10.2. The monoisotopic (exact) mass is 376 g/mol. The maximum Gasteiger partial charge on any atom is 0.276 e. The van der Waals surface area contributed by atoms with Crippen LogP contribution in [0.3, 0.4) is 0 Å². The normalized spacial score (nSPS) is 10.7. The van der Waals surface area contributed by atoms with E-state index in [0.717, 1.165) is 4.90 Å². The minimum absolute atomic E-state index is 0.308. The van der Waals surface area contributed by atoms with Crippen molar-refractivity contribution in [3.63, 3.8) is 0 Å². The molecule has 0 aliphatic heterocycles. The zero-order chi connectivity index (χ0) is 18.7. The van der Waals surface area contributed by atoms with Gasteiger partial charge in [0.2, 0.25) is 0 Å². The zero-order valence-electron chi connectivity index (χ0n) is 13.1. The van der Waals surface area contributed by atoms with Crippen molar-refractivity contribution >= 4 is 44.5 Å². The molecule has 0 unspecified atom stereocenters. The second-order valence-corrected chi connectivity index (χ2v) is 6.61. The summed E-state index contributed by atoms with van der Waals surface area (Å²) in [5.74, 6) is -0.135. The van der Waals surface area contributed by atoms with Crippen LogP contribution in [0.2, 0.25) is 5.02 Å². The van der Waals surface area contributed by atoms with Crippen molar-refractivity contribution in [3.8, 4) is 5.75 Å². The van der Waals surface area contributed by atoms with Gasteiger partial charge < -0.3 is 15.5 Å². The second-order valence-electron chi connectivity index (χ2n) is 4.74. The number of aromatic amines is 1. The number of nitrogens with zero attached hydrogens (tertiary/aromatic N) is 1. The van der Waals surface area contributed by atoms with E-state index in [1.807, 2.05) is 0 Å². The van der Waals surface area contributed by atoms with Gasteiger partial charge in [0.05, 0.1) is 23.9 Å². The maximum absolute atomic E-state index is 12.0. The van der Waals surface area contributed by atoms with Gasteiger partial charge in [-0.1, -0.05) is 11.6 Å². The number of aromatic nitrogens is 1. The quantitative estimate of drug-likeness (QED) is 0.352. The summed E-state index contributed by atoms with van der Waals surface area (Å²) in [5.41, 5.74) is 6.27. The highest BCUT2D eigenvalue weighted by Crippen LogP contribution is 2.29. The van der Waals surface area contributed by atoms with E-state index < -0.39 is 16.0 Å². The molecule has 0 bridgehead atoms. The topological polar surface area (TPSA) is 150 Å². The number of nitrogens with one attached hydrogen (secondary N) is 2. The molecule has 1 aromatic carbocycles. The van der Waals surface area contributed by atoms with Gasteiger partial charge in [-0.2, -0.15) is 8.42 Å². The molecule has 0 spiro atoms. The first-order valence-corrected chi connectivity index (χ1v) is 8.57. The van der Waals surface area contributed by atoms with Crippen LogP contribution in [0.15, 0.2) is 18.2 Å². The Balaban J connectivity index is 0.000000505. The van der Waals surface area contributed by atoms with Crippen molar-refractivity contribution in [1.29, 1.82) is 5.41 Å². The van der Waals surface area contributed by atoms with E-state index in [1.54, 1.807) is 18.2 Å². The van der Waals surface area contributed by atoms with E-state index in [1.165, 1.54) is 14.2 Å². The lowest BCUT2D eigenvalue weighted by Crippen LogP contribution is -2.38. The smallest absolute Gasteiger partial charge is 0.276 e. The van der Waals surface area contributed by atoms with Crippen LogP contribution in [0.1, 0.15) is 10.5 Å². The molecular weight excluding hydrogens is 360 g/mol. The van der Waals surface area contributed by atoms with Gasteiger partial charge in [-0.3, -0.25) is 19.7 Å². The van der Waals surface area contributed by atoms with Crippen molar-refractivity contribution in [2.75, 3.05) is 20.4 Å². The molecule has 11 heteroatoms. The van der Waals surface area contributed by atoms with Crippen molar-refractivity contribution < 1.29 is 22.5 Å². The molecule has 0 fully saturated rings. The van der Waals surface area contributed by atoms with Crippen LogP contribution in [0.5, 0.6) is 5.75 Å². The third-order valence-corrected chi connectivity index (χ3v) is 3.11. The number of benzene rings is 1. The van der Waals surface area contributed by atoms with Crippen LogP contribution >= 0.6 is 11.6 Å². The van der Waals surface area contributed by atoms with Gasteiger partial charge in [-0.15, -0.1) is 0 Å². The van der Waals surface area contributed by atoms with Crippen LogP contribution in [0.4, 0.5) is 0 Å². The predicted octanol–water partition coefficient (Wildman–Crippen LogP) is 1.30. The van der Waals surface area contributed by atoms with Crippen LogP contribution in [-0.4, -0.2) is 55.1 Å². The molecule has 2 aromatic rings. The number of methoxy groups -OCH3 is 1. The summed E-state index contributed by atoms with van der Waals surface area (Å²) < 4.78 is 31.0. The van der Waals surface area contributed by atoms with Crippen molar-refractivity contribution in [3.05, 3.63) is 28.9 Å². The highest BCUT2D eigenvalue weighted by molar-refractivity contribution is 7.85. The lowest BCUT2D eigenvalue weighted by Gasteiger charge is -2.12. The van der Waals surface area contributed by atoms with Gasteiger partial charge >= 0.3 is 0 Å². The predicted molar refractivity (Wildman–Crippen MR) is 91.3 cm³/mol. The molecule has 132 valence electrons. The number of rotatable bonds is 2. The van der Waals surface area contributed by atoms with E-state index >= 15 is 0 Å². The highest BCUT2D eigenvalue weighted by Gasteiger charge is 2.17. The van der Waals surface area contributed by atoms with Gasteiger partial charge in [0.25, 0.3) is 16.0 Å². The van der Waals surface area contributed by atoms with Gasteiger partial charge in [0.1, 0.15) is 11.4 Å². The molecule has 24 heavy (non-hydrogen) atoms. The summed E-state index contributed by atoms with van der Waals surface area (Å²) in [5, 5.41) is 8.44. The molecule has 1 amide bonds. The number of guanidine groups is 1. The Morgan fingerprint density at radius 1 is 1.42 bits per heavy atom. The van der Waals surface area contributed by atoms with E-state index in [0.29, 0.717) is 33.6 Å². The third kappa shape index (κ3) is 5.41. The molecule has 0 atom stereocenters. The zero-order valence-corrected chi connectivity index (χ0v) is 14.7. The summed E-state index contributed by atoms with van der Waals surface area (Å²) in [7, 11) is -0.700. The van der Waals surface area contributed by atoms with Gasteiger partial charge in [0, 0.05) is 18.5 Å². The van der Waals surface area contributed by atoms with Crippen LogP contribution in [0.25, 0.3) is 10.9 Å². The fraction of sp³-hybridized carbons (Fsp3) is 0.231. The SMILES string of the molecule is COc1cc(Cl)c2cc(C(=O)N(C)C(=N)N)[nH]c2c1.CS(=O)(=O)O. The van der Waals surface area contributed by atoms with Gasteiger partial charge in [-0.25, -0.2) is 0 Å². The number of hydrogen-bond donors (Lipinski definition) is 4. The number of carbonyl (C=O) groups is 1. The molecular formula is C13H17ClN4O5S. The number of ether oxygens (including phenoxy) is 1. The summed E-state index contributed by atoms with van der Waals surface area (Å²) in [4.78, 5) is 16.0. The summed E-state index contributed by atoms with van der Waals surface area (Å²) in [6.07, 6.45) is 0.715. The van der Waals surface area contributed by atoms with Gasteiger partial charge in [0.15, 0.2) is 5.96 Å². The van der Waals surface area contributed by atoms with E-state index in [2.05, 4.69) is 4.98 Å². The standard InChI is InChI=1S/C12H13ClN4O2.CH4O3S/c1-17(12(14)15)11(18)10-5-7-8(13)3-6(19-2)4-9(7)16-10;1-5(2,3)4/h3-5,16H,1-2H3,(H3,14,15);1H3,(H,2,3,4). The number of carbonyl (C=O) groups excluding carboxylic acids is 1. The Morgan fingerprint density at radius 3 is 2.42 bits per heavy atom. The van der Waals surface area contributed by atoms with E-state index in [4.69, 9.17) is 32.0 Å². The Morgan fingerprint density at radius 2 is 1.96 bits per heavy atom. The van der Waals surface area contributed by atoms with Gasteiger partial charge in [-0.05, 0) is 12.1 Å². The summed E-state index contributed by atoms with van der Waals surface area (Å²) in [6, 6.07) is 5.03. The number of amides is 1. The van der Waals surface area contributed by atoms with Crippen molar-refractivity contribution in [2.45, 2.75) is 0 Å². The molecule has 0 aliphatic carbocycles. The Kier molecular flexibility index (Phi) is 6.18. The molecule has 0 saturated heterocycles. The highest BCUT2D eigenvalue weighted by atomic mass is 35.5. The van der Waals surface area contributed by atoms with E-state index in [-0.39, 0.29) is 5.96 Å². The van der Waals surface area contributed by atoms with Crippen molar-refractivity contribution in [1.82, 2.24) is 9.88 Å². The average Bonchev–Trinajstić information content (AvgIpc) is 2.88. The lowest BCUT2D eigenvalue weighted by molar-refractivity contribution is 0.0864. The first-order chi connectivity index (χ1) is 10.9. The number of H-pyrrole nitrogens is 1. The van der Waals surface area contributed by atoms with Crippen LogP contribution in [0, 0.1) is 5.41 Å². The molecule has 5 N–H and O–H groups in total. The Bertz CT molecular complexity index is 870. The van der Waals surface area contributed by atoms with Crippen molar-refractivity contribution in [2.24, 2.45) is 5.73 Å². The van der Waals surface area contributed by atoms with Crippen LogP contribution in [-0.2, 0) is 10.1 Å². The number of halogens is 1. The second kappa shape index (κ2) is 7.51. The molecule has 1 aromatic heterocycles. The fourth-order valence-electron chi connectivity index (χ4n) is 1.69. The molecule has 2 rings (SSSR count). The first kappa shape index (κ1) is 19.7. The maximum atomic E-state index is 12.0. The van der Waals surface area contributed by atoms with E-state index in [9.17, 15) is 13.2 Å². The average molecular weight is 377 g/mol. The molecule has 0 aliphatic rings. The molecule has 1 heterocycles. The number of hydrogen-bond acceptors (Lipinski definition) is 5. The Labute approximate surface area is 143 Å². The minimum Gasteiger partial charge on any atom is -0.497 e. The number of nitrogens with two attached hydrogens (primary N) is 1. The molecule has 9 nitrogen and oxygen atoms in total. The fourth-order valence-corrected chi connectivity index (χ4v) is 1.96. The largest absolute Gasteiger partial charge is 0.497 e. The minimum atomic E-state index is -3.67. The third-order valence-electron chi connectivity index (χ3n) is 2.79. The summed E-state index contributed by atoms with van der Waals surface area (Å²) >= 11 is 6.11. The first-order valence-electron chi connectivity index (χ1n) is 6.34. The number of fused-ring (bicyclic) bond motifs is 1. The van der Waals surface area contributed by atoms with Crippen LogP contribution < -0.4 is 10.5 Å². The Hall–Kier alpha value is -2.30. The summed E-state index contributed by atoms with van der Waals surface area (Å²) in [6.45, 7) is 0. The molecule has 0 saturated carbocycles.